The van der Waals surface area contributed by atoms with Crippen molar-refractivity contribution >= 4 is 35.8 Å². The van der Waals surface area contributed by atoms with Crippen LogP contribution in [0.25, 0.3) is 0 Å². The number of Topliss-reactive ketones (excluding diaryl/α,β-unsaturated/α-hetero) is 1. The van der Waals surface area contributed by atoms with E-state index in [2.05, 4.69) is 5.32 Å². The Hall–Kier alpha value is -4.38. The van der Waals surface area contributed by atoms with Crippen molar-refractivity contribution in [2.45, 2.75) is 141 Å². The fraction of sp³-hybridized carbons (Fsp3) is 0.674. The molecule has 1 heterocycles. The molecule has 1 aliphatic heterocycles. The highest BCUT2D eigenvalue weighted by atomic mass is 16.6. The van der Waals surface area contributed by atoms with E-state index in [1.54, 1.807) is 45.9 Å². The summed E-state index contributed by atoms with van der Waals surface area (Å²) in [5, 5.41) is 39.9. The van der Waals surface area contributed by atoms with E-state index in [9.17, 15) is 39.3 Å². The number of fused-ring (bicyclic) bond motifs is 5. The quantitative estimate of drug-likeness (QED) is 0.196. The van der Waals surface area contributed by atoms with Crippen molar-refractivity contribution in [2.24, 2.45) is 28.6 Å². The van der Waals surface area contributed by atoms with Crippen molar-refractivity contribution in [1.82, 2.24) is 5.32 Å². The fourth-order valence-corrected chi connectivity index (χ4v) is 10.6. The normalized spacial score (nSPS) is 34.8. The molecule has 1 aromatic rings. The molecular formula is C43H57NO15. The SMILES string of the molecule is CCOC(=O)NC(C1CCCCC1)C(O)C(=O)OC1CC2(O)C(OC(=O)c3ccccc3)C3[C@]4(OC(C)=O)COC4CC(O)[C@@]3(C)C(=O)C(OC(C)=O)=C(C1C)C2(C)C. The number of alkyl carbamates (subject to hydrolysis) is 1. The number of amides is 1. The molecule has 16 heteroatoms. The van der Waals surface area contributed by atoms with E-state index in [1.165, 1.54) is 19.1 Å². The summed E-state index contributed by atoms with van der Waals surface area (Å²) in [6.07, 6.45) is -5.34. The lowest BCUT2D eigenvalue weighted by Gasteiger charge is -2.67. The molecule has 0 aromatic heterocycles. The maximum atomic E-state index is 15.4. The Balaban J connectivity index is 1.54. The van der Waals surface area contributed by atoms with Gasteiger partial charge in [-0.2, -0.15) is 0 Å². The zero-order valence-electron chi connectivity index (χ0n) is 34.7. The molecule has 6 rings (SSSR count). The van der Waals surface area contributed by atoms with Gasteiger partial charge in [-0.25, -0.2) is 14.4 Å². The van der Waals surface area contributed by atoms with Crippen molar-refractivity contribution < 1.29 is 72.5 Å². The average molecular weight is 828 g/mol. The molecule has 5 aliphatic rings. The van der Waals surface area contributed by atoms with Crippen LogP contribution in [0.2, 0.25) is 0 Å². The topological polar surface area (TPSA) is 231 Å². The molecule has 3 saturated carbocycles. The number of aliphatic hydroxyl groups is 3. The zero-order valence-corrected chi connectivity index (χ0v) is 34.7. The van der Waals surface area contributed by atoms with Crippen molar-refractivity contribution in [3.05, 3.63) is 47.2 Å². The van der Waals surface area contributed by atoms with Gasteiger partial charge in [-0.3, -0.25) is 14.4 Å². The summed E-state index contributed by atoms with van der Waals surface area (Å²) in [5.41, 5.74) is -7.70. The largest absolute Gasteiger partial charge is 0.460 e. The van der Waals surface area contributed by atoms with Gasteiger partial charge in [-0.1, -0.05) is 58.2 Å². The van der Waals surface area contributed by atoms with Crippen molar-refractivity contribution in [3.63, 3.8) is 0 Å². The number of hydrogen-bond donors (Lipinski definition) is 4. The van der Waals surface area contributed by atoms with Gasteiger partial charge >= 0.3 is 30.0 Å². The Morgan fingerprint density at radius 1 is 0.983 bits per heavy atom. The van der Waals surface area contributed by atoms with Crippen LogP contribution in [0.1, 0.15) is 104 Å². The molecule has 1 amide bonds. The summed E-state index contributed by atoms with van der Waals surface area (Å²) < 4.78 is 35.3. The molecule has 11 atom stereocenters. The Bertz CT molecular complexity index is 1860. The minimum Gasteiger partial charge on any atom is -0.460 e. The third kappa shape index (κ3) is 7.54. The first kappa shape index (κ1) is 44.2. The fourth-order valence-electron chi connectivity index (χ4n) is 10.6. The molecule has 9 unspecified atom stereocenters. The number of benzene rings is 1. The van der Waals surface area contributed by atoms with E-state index in [0.29, 0.717) is 12.8 Å². The van der Waals surface area contributed by atoms with Crippen LogP contribution in [0.4, 0.5) is 4.79 Å². The van der Waals surface area contributed by atoms with Gasteiger partial charge in [0.05, 0.1) is 42.3 Å². The number of carbonyl (C=O) groups is 6. The van der Waals surface area contributed by atoms with Gasteiger partial charge in [0, 0.05) is 38.0 Å². The molecule has 1 aromatic carbocycles. The highest BCUT2D eigenvalue weighted by Crippen LogP contribution is 2.65. The van der Waals surface area contributed by atoms with Crippen LogP contribution in [0.3, 0.4) is 0 Å². The first-order chi connectivity index (χ1) is 27.7. The number of rotatable bonds is 10. The minimum atomic E-state index is -2.36. The molecule has 4 aliphatic carbocycles. The maximum Gasteiger partial charge on any atom is 0.407 e. The minimum absolute atomic E-state index is 0.0216. The Morgan fingerprint density at radius 2 is 1.64 bits per heavy atom. The second kappa shape index (κ2) is 16.6. The Labute approximate surface area is 343 Å². The van der Waals surface area contributed by atoms with Crippen LogP contribution in [0.15, 0.2) is 41.7 Å². The molecule has 2 bridgehead atoms. The number of carbonyl (C=O) groups excluding carboxylic acids is 6. The number of esters is 4. The van der Waals surface area contributed by atoms with Gasteiger partial charge in [0.2, 0.25) is 5.78 Å². The molecule has 0 radical (unpaired) electrons. The highest BCUT2D eigenvalue weighted by molar-refractivity contribution is 6.02. The lowest BCUT2D eigenvalue weighted by molar-refractivity contribution is -0.345. The molecule has 1 saturated heterocycles. The predicted octanol–water partition coefficient (Wildman–Crippen LogP) is 3.46. The zero-order chi connectivity index (χ0) is 43.2. The van der Waals surface area contributed by atoms with Crippen LogP contribution in [-0.2, 0) is 47.6 Å². The number of allylic oxidation sites excluding steroid dienone is 1. The molecular weight excluding hydrogens is 770 g/mol. The third-order valence-corrected chi connectivity index (χ3v) is 13.7. The van der Waals surface area contributed by atoms with Crippen molar-refractivity contribution in [1.29, 1.82) is 0 Å². The van der Waals surface area contributed by atoms with E-state index >= 15 is 4.79 Å². The third-order valence-electron chi connectivity index (χ3n) is 13.7. The number of aliphatic hydroxyl groups excluding tert-OH is 2. The number of nitrogens with one attached hydrogen (secondary N) is 1. The van der Waals surface area contributed by atoms with Gasteiger partial charge in [-0.05, 0) is 50.3 Å². The van der Waals surface area contributed by atoms with Gasteiger partial charge in [0.15, 0.2) is 17.5 Å². The first-order valence-corrected chi connectivity index (χ1v) is 20.5. The van der Waals surface area contributed by atoms with Crippen molar-refractivity contribution in [2.75, 3.05) is 13.2 Å². The summed E-state index contributed by atoms with van der Waals surface area (Å²) in [5.74, 6) is -8.00. The van der Waals surface area contributed by atoms with Crippen LogP contribution in [0, 0.1) is 28.6 Å². The van der Waals surface area contributed by atoms with Crippen LogP contribution >= 0.6 is 0 Å². The smallest absolute Gasteiger partial charge is 0.407 e. The van der Waals surface area contributed by atoms with E-state index in [4.69, 9.17) is 28.4 Å². The molecule has 16 nitrogen and oxygen atoms in total. The summed E-state index contributed by atoms with van der Waals surface area (Å²) in [6, 6.07) is 6.79. The van der Waals surface area contributed by atoms with Crippen molar-refractivity contribution in [3.8, 4) is 0 Å². The summed E-state index contributed by atoms with van der Waals surface area (Å²) in [6.45, 7) is 9.76. The van der Waals surface area contributed by atoms with E-state index in [0.717, 1.165) is 33.1 Å². The van der Waals surface area contributed by atoms with E-state index in [1.807, 2.05) is 0 Å². The molecule has 0 spiro atoms. The summed E-state index contributed by atoms with van der Waals surface area (Å²) >= 11 is 0. The predicted molar refractivity (Wildman–Crippen MR) is 205 cm³/mol. The second-order valence-corrected chi connectivity index (χ2v) is 17.5. The van der Waals surface area contributed by atoms with Gasteiger partial charge in [0.25, 0.3) is 0 Å². The van der Waals surface area contributed by atoms with Gasteiger partial charge < -0.3 is 49.1 Å². The average Bonchev–Trinajstić information content (AvgIpc) is 3.18. The van der Waals surface area contributed by atoms with Gasteiger partial charge in [-0.15, -0.1) is 0 Å². The summed E-state index contributed by atoms with van der Waals surface area (Å²) in [4.78, 5) is 82.3. The van der Waals surface area contributed by atoms with Crippen LogP contribution in [0.5, 0.6) is 0 Å². The molecule has 4 fully saturated rings. The summed E-state index contributed by atoms with van der Waals surface area (Å²) in [7, 11) is 0. The number of ketones is 1. The lowest BCUT2D eigenvalue weighted by Crippen LogP contribution is -2.81. The van der Waals surface area contributed by atoms with Crippen LogP contribution in [-0.4, -0.2) is 112 Å². The number of ether oxygens (including phenoxy) is 6. The van der Waals surface area contributed by atoms with Crippen LogP contribution < -0.4 is 5.32 Å². The standard InChI is InChI=1S/C43H57NO15/c1-8-54-39(52)44-31(25-15-11-9-12-16-25)32(48)38(51)57-27-20-43(53)36(58-37(50)26-17-13-10-14-18-26)34-41(7,28(47)19-29-42(34,21-55-29)59-24(4)46)35(49)33(56-23(3)45)30(22(27)2)40(43,5)6/h10,13-14,17-18,22,25,27-29,31-32,34,36,47-48,53H,8-9,11-12,15-16,19-21H2,1-7H3,(H,44,52)/t22?,27?,28?,29?,31?,32?,34?,36?,41-,42+,43?/m1/s1. The van der Waals surface area contributed by atoms with E-state index < -0.39 is 118 Å². The molecule has 59 heavy (non-hydrogen) atoms. The first-order valence-electron chi connectivity index (χ1n) is 20.5. The Morgan fingerprint density at radius 3 is 2.22 bits per heavy atom. The highest BCUT2D eigenvalue weighted by Gasteiger charge is 2.78. The second-order valence-electron chi connectivity index (χ2n) is 17.5. The Kier molecular flexibility index (Phi) is 12.4. The molecule has 4 N–H and O–H groups in total. The number of hydrogen-bond acceptors (Lipinski definition) is 15. The maximum absolute atomic E-state index is 15.4. The van der Waals surface area contributed by atoms with Gasteiger partial charge in [0.1, 0.15) is 23.9 Å². The molecule has 324 valence electrons. The van der Waals surface area contributed by atoms with E-state index in [-0.39, 0.29) is 36.7 Å². The lowest BCUT2D eigenvalue weighted by atomic mass is 9.45. The monoisotopic (exact) mass is 827 g/mol.